The average molecular weight is 185 g/mol. The van der Waals surface area contributed by atoms with Crippen LogP contribution in [0.15, 0.2) is 0 Å². The Kier molecular flexibility index (Phi) is 4.20. The normalized spacial score (nSPS) is 37.4. The fourth-order valence-electron chi connectivity index (χ4n) is 2.07. The summed E-state index contributed by atoms with van der Waals surface area (Å²) in [6.45, 7) is 7.25. The summed E-state index contributed by atoms with van der Waals surface area (Å²) in [5.41, 5.74) is 0. The number of nitrogens with one attached hydrogen (secondary N) is 1. The first-order valence-electron chi connectivity index (χ1n) is 5.51. The van der Waals surface area contributed by atoms with Gasteiger partial charge in [-0.05, 0) is 38.0 Å². The molecule has 1 rings (SSSR count). The van der Waals surface area contributed by atoms with Gasteiger partial charge in [-0.3, -0.25) is 0 Å². The molecule has 0 spiro atoms. The second kappa shape index (κ2) is 4.97. The van der Waals surface area contributed by atoms with Gasteiger partial charge in [-0.1, -0.05) is 13.8 Å². The van der Waals surface area contributed by atoms with Crippen LogP contribution in [0.25, 0.3) is 0 Å². The summed E-state index contributed by atoms with van der Waals surface area (Å²) in [4.78, 5) is 0. The van der Waals surface area contributed by atoms with Crippen molar-refractivity contribution in [3.05, 3.63) is 0 Å². The van der Waals surface area contributed by atoms with Crippen molar-refractivity contribution in [2.75, 3.05) is 6.54 Å². The van der Waals surface area contributed by atoms with Crippen LogP contribution < -0.4 is 5.32 Å². The number of aliphatic hydroxyl groups is 1. The van der Waals surface area contributed by atoms with E-state index < -0.39 is 0 Å². The van der Waals surface area contributed by atoms with Gasteiger partial charge in [0.05, 0.1) is 6.10 Å². The molecule has 1 saturated carbocycles. The van der Waals surface area contributed by atoms with Crippen LogP contribution in [0, 0.1) is 11.8 Å². The molecule has 13 heavy (non-hydrogen) atoms. The molecule has 2 N–H and O–H groups in total. The molecule has 0 aliphatic heterocycles. The molecule has 3 unspecified atom stereocenters. The molecule has 2 nitrogen and oxygen atoms in total. The summed E-state index contributed by atoms with van der Waals surface area (Å²) in [6, 6.07) is 0.640. The first-order valence-corrected chi connectivity index (χ1v) is 5.51. The number of hydrogen-bond acceptors (Lipinski definition) is 2. The van der Waals surface area contributed by atoms with Crippen molar-refractivity contribution in [1.29, 1.82) is 0 Å². The fourth-order valence-corrected chi connectivity index (χ4v) is 2.07. The molecule has 0 bridgehead atoms. The largest absolute Gasteiger partial charge is 0.392 e. The topological polar surface area (TPSA) is 32.3 Å². The van der Waals surface area contributed by atoms with Crippen molar-refractivity contribution in [2.45, 2.75) is 52.2 Å². The highest BCUT2D eigenvalue weighted by molar-refractivity contribution is 4.79. The monoisotopic (exact) mass is 185 g/mol. The summed E-state index contributed by atoms with van der Waals surface area (Å²) >= 11 is 0. The summed E-state index contributed by atoms with van der Waals surface area (Å²) < 4.78 is 0. The Labute approximate surface area is 81.7 Å². The Balaban J connectivity index is 2.21. The van der Waals surface area contributed by atoms with Crippen LogP contribution in [0.1, 0.15) is 40.0 Å². The quantitative estimate of drug-likeness (QED) is 0.702. The van der Waals surface area contributed by atoms with E-state index in [1.807, 2.05) is 6.92 Å². The van der Waals surface area contributed by atoms with E-state index in [2.05, 4.69) is 19.2 Å². The lowest BCUT2D eigenvalue weighted by molar-refractivity contribution is 0.167. The van der Waals surface area contributed by atoms with Crippen LogP contribution in [0.5, 0.6) is 0 Å². The zero-order chi connectivity index (χ0) is 9.84. The Morgan fingerprint density at radius 2 is 2.00 bits per heavy atom. The van der Waals surface area contributed by atoms with E-state index in [1.165, 1.54) is 19.3 Å². The summed E-state index contributed by atoms with van der Waals surface area (Å²) in [7, 11) is 0. The number of aliphatic hydroxyl groups excluding tert-OH is 1. The van der Waals surface area contributed by atoms with Gasteiger partial charge < -0.3 is 10.4 Å². The van der Waals surface area contributed by atoms with Crippen molar-refractivity contribution in [3.8, 4) is 0 Å². The standard InChI is InChI=1S/C11H23NO/c1-8-4-5-11(6-9(8)2)12-7-10(3)13/h8-13H,4-7H2,1-3H3/t8?,9?,10-,11?/m1/s1. The Morgan fingerprint density at radius 1 is 1.31 bits per heavy atom. The predicted molar refractivity (Wildman–Crippen MR) is 55.7 cm³/mol. The van der Waals surface area contributed by atoms with Crippen molar-refractivity contribution in [3.63, 3.8) is 0 Å². The Hall–Kier alpha value is -0.0800. The van der Waals surface area contributed by atoms with Crippen molar-refractivity contribution in [2.24, 2.45) is 11.8 Å². The number of rotatable bonds is 3. The van der Waals surface area contributed by atoms with Crippen LogP contribution in [0.3, 0.4) is 0 Å². The molecule has 1 aliphatic rings. The third kappa shape index (κ3) is 3.65. The second-order valence-corrected chi connectivity index (χ2v) is 4.72. The lowest BCUT2D eigenvalue weighted by Gasteiger charge is -2.32. The fraction of sp³-hybridized carbons (Fsp3) is 1.00. The third-order valence-corrected chi connectivity index (χ3v) is 3.30. The zero-order valence-corrected chi connectivity index (χ0v) is 9.09. The van der Waals surface area contributed by atoms with E-state index in [-0.39, 0.29) is 6.10 Å². The smallest absolute Gasteiger partial charge is 0.0636 e. The zero-order valence-electron chi connectivity index (χ0n) is 9.09. The van der Waals surface area contributed by atoms with Crippen molar-refractivity contribution in [1.82, 2.24) is 5.32 Å². The lowest BCUT2D eigenvalue weighted by Crippen LogP contribution is -2.39. The van der Waals surface area contributed by atoms with Crippen LogP contribution in [0.4, 0.5) is 0 Å². The summed E-state index contributed by atoms with van der Waals surface area (Å²) in [5, 5.41) is 12.6. The highest BCUT2D eigenvalue weighted by Gasteiger charge is 2.23. The molecule has 0 aromatic heterocycles. The first-order chi connectivity index (χ1) is 6.09. The van der Waals surface area contributed by atoms with E-state index in [0.717, 1.165) is 18.4 Å². The van der Waals surface area contributed by atoms with Crippen molar-refractivity contribution >= 4 is 0 Å². The highest BCUT2D eigenvalue weighted by atomic mass is 16.3. The molecule has 0 saturated heterocycles. The predicted octanol–water partition coefficient (Wildman–Crippen LogP) is 1.78. The molecule has 0 amide bonds. The first kappa shape index (κ1) is 11.0. The molecular formula is C11H23NO. The van der Waals surface area contributed by atoms with Gasteiger partial charge in [-0.2, -0.15) is 0 Å². The lowest BCUT2D eigenvalue weighted by atomic mass is 9.79. The number of hydrogen-bond donors (Lipinski definition) is 2. The van der Waals surface area contributed by atoms with Crippen LogP contribution in [-0.4, -0.2) is 23.8 Å². The van der Waals surface area contributed by atoms with Gasteiger partial charge in [0.1, 0.15) is 0 Å². The maximum atomic E-state index is 9.14. The minimum Gasteiger partial charge on any atom is -0.392 e. The molecule has 0 aromatic carbocycles. The maximum absolute atomic E-state index is 9.14. The minimum absolute atomic E-state index is 0.213. The maximum Gasteiger partial charge on any atom is 0.0636 e. The third-order valence-electron chi connectivity index (χ3n) is 3.30. The van der Waals surface area contributed by atoms with E-state index in [1.54, 1.807) is 0 Å². The molecular weight excluding hydrogens is 162 g/mol. The van der Waals surface area contributed by atoms with Gasteiger partial charge >= 0.3 is 0 Å². The van der Waals surface area contributed by atoms with Gasteiger partial charge in [-0.25, -0.2) is 0 Å². The second-order valence-electron chi connectivity index (χ2n) is 4.72. The molecule has 1 fully saturated rings. The SMILES string of the molecule is CC1CCC(NC[C@@H](C)O)CC1C. The summed E-state index contributed by atoms with van der Waals surface area (Å²) in [6.07, 6.45) is 3.67. The van der Waals surface area contributed by atoms with E-state index in [9.17, 15) is 0 Å². The molecule has 0 aromatic rings. The Morgan fingerprint density at radius 3 is 2.54 bits per heavy atom. The molecule has 2 heteroatoms. The van der Waals surface area contributed by atoms with Gasteiger partial charge in [-0.15, -0.1) is 0 Å². The van der Waals surface area contributed by atoms with E-state index in [0.29, 0.717) is 6.04 Å². The van der Waals surface area contributed by atoms with Crippen LogP contribution in [-0.2, 0) is 0 Å². The molecule has 0 radical (unpaired) electrons. The van der Waals surface area contributed by atoms with E-state index >= 15 is 0 Å². The summed E-state index contributed by atoms with van der Waals surface area (Å²) in [5.74, 6) is 1.71. The average Bonchev–Trinajstić information content (AvgIpc) is 2.07. The van der Waals surface area contributed by atoms with E-state index in [4.69, 9.17) is 5.11 Å². The minimum atomic E-state index is -0.213. The van der Waals surface area contributed by atoms with Gasteiger partial charge in [0.2, 0.25) is 0 Å². The molecule has 1 aliphatic carbocycles. The molecule has 4 atom stereocenters. The molecule has 78 valence electrons. The highest BCUT2D eigenvalue weighted by Crippen LogP contribution is 2.29. The van der Waals surface area contributed by atoms with Crippen LogP contribution in [0.2, 0.25) is 0 Å². The van der Waals surface area contributed by atoms with Crippen LogP contribution >= 0.6 is 0 Å². The van der Waals surface area contributed by atoms with Crippen molar-refractivity contribution < 1.29 is 5.11 Å². The Bertz CT molecular complexity index is 147. The van der Waals surface area contributed by atoms with Gasteiger partial charge in [0, 0.05) is 12.6 Å². The van der Waals surface area contributed by atoms with Gasteiger partial charge in [0.15, 0.2) is 0 Å². The van der Waals surface area contributed by atoms with Gasteiger partial charge in [0.25, 0.3) is 0 Å². The molecule has 0 heterocycles.